The van der Waals surface area contributed by atoms with Crippen molar-refractivity contribution in [1.29, 1.82) is 0 Å². The van der Waals surface area contributed by atoms with Crippen molar-refractivity contribution in [2.45, 2.75) is 6.92 Å². The molecule has 6 nitrogen and oxygen atoms in total. The molecule has 21 heavy (non-hydrogen) atoms. The predicted octanol–water partition coefficient (Wildman–Crippen LogP) is 2.23. The molecule has 0 atom stereocenters. The van der Waals surface area contributed by atoms with Gasteiger partial charge in [-0.05, 0) is 53.2 Å². The second-order valence-electron chi connectivity index (χ2n) is 4.66. The zero-order valence-corrected chi connectivity index (χ0v) is 11.8. The highest BCUT2D eigenvalue weighted by Gasteiger charge is 2.13. The van der Waals surface area contributed by atoms with E-state index in [1.54, 1.807) is 11.8 Å². The molecule has 106 valence electrons. The summed E-state index contributed by atoms with van der Waals surface area (Å²) in [6.07, 6.45) is 0. The molecule has 0 unspecified atom stereocenters. The Balaban J connectivity index is 2.11. The van der Waals surface area contributed by atoms with Gasteiger partial charge in [0.1, 0.15) is 5.75 Å². The third-order valence-corrected chi connectivity index (χ3v) is 3.29. The van der Waals surface area contributed by atoms with E-state index in [1.165, 1.54) is 0 Å². The van der Waals surface area contributed by atoms with Crippen LogP contribution in [0, 0.1) is 6.92 Å². The van der Waals surface area contributed by atoms with Crippen LogP contribution in [0.1, 0.15) is 5.56 Å². The van der Waals surface area contributed by atoms with Gasteiger partial charge in [-0.2, -0.15) is 4.68 Å². The van der Waals surface area contributed by atoms with Gasteiger partial charge in [0.25, 0.3) is 0 Å². The summed E-state index contributed by atoms with van der Waals surface area (Å²) in [5, 5.41) is 11.9. The summed E-state index contributed by atoms with van der Waals surface area (Å²) in [6.45, 7) is 1.98. The van der Waals surface area contributed by atoms with Gasteiger partial charge in [-0.15, -0.1) is 5.10 Å². The van der Waals surface area contributed by atoms with E-state index in [2.05, 4.69) is 15.5 Å². The van der Waals surface area contributed by atoms with Crippen LogP contribution in [0.4, 0.5) is 5.69 Å². The molecule has 0 spiro atoms. The van der Waals surface area contributed by atoms with Crippen molar-refractivity contribution in [3.05, 3.63) is 48.0 Å². The number of methoxy groups -OCH3 is 1. The largest absolute Gasteiger partial charge is 0.496 e. The SMILES string of the molecule is COc1ccc(-n2nnnc2-c2ccccc2N)cc1C. The Hall–Kier alpha value is -2.89. The molecular weight excluding hydrogens is 266 g/mol. The first-order valence-corrected chi connectivity index (χ1v) is 6.49. The Labute approximate surface area is 122 Å². The number of benzene rings is 2. The van der Waals surface area contributed by atoms with Gasteiger partial charge in [0.05, 0.1) is 12.8 Å². The van der Waals surface area contributed by atoms with Crippen LogP contribution in [0.15, 0.2) is 42.5 Å². The van der Waals surface area contributed by atoms with E-state index in [4.69, 9.17) is 10.5 Å². The number of tetrazole rings is 1. The number of anilines is 1. The van der Waals surface area contributed by atoms with Crippen molar-refractivity contribution in [3.63, 3.8) is 0 Å². The van der Waals surface area contributed by atoms with Crippen molar-refractivity contribution in [2.75, 3.05) is 12.8 Å². The number of para-hydroxylation sites is 1. The van der Waals surface area contributed by atoms with Gasteiger partial charge >= 0.3 is 0 Å². The van der Waals surface area contributed by atoms with Crippen LogP contribution in [0.25, 0.3) is 17.1 Å². The number of hydrogen-bond donors (Lipinski definition) is 1. The van der Waals surface area contributed by atoms with Crippen molar-refractivity contribution >= 4 is 5.69 Å². The molecule has 0 radical (unpaired) electrons. The molecule has 1 aromatic heterocycles. The van der Waals surface area contributed by atoms with Gasteiger partial charge in [0.2, 0.25) is 0 Å². The molecule has 3 rings (SSSR count). The molecule has 0 saturated heterocycles. The van der Waals surface area contributed by atoms with Crippen LogP contribution < -0.4 is 10.5 Å². The Kier molecular flexibility index (Phi) is 3.27. The smallest absolute Gasteiger partial charge is 0.189 e. The summed E-state index contributed by atoms with van der Waals surface area (Å²) in [5.74, 6) is 1.44. The molecule has 2 N–H and O–H groups in total. The number of aromatic nitrogens is 4. The highest BCUT2D eigenvalue weighted by molar-refractivity contribution is 5.72. The third kappa shape index (κ3) is 2.31. The first kappa shape index (κ1) is 13.1. The van der Waals surface area contributed by atoms with Crippen molar-refractivity contribution in [3.8, 4) is 22.8 Å². The van der Waals surface area contributed by atoms with Gasteiger partial charge in [0.15, 0.2) is 5.82 Å². The average molecular weight is 281 g/mol. The lowest BCUT2D eigenvalue weighted by molar-refractivity contribution is 0.411. The van der Waals surface area contributed by atoms with Gasteiger partial charge in [-0.25, -0.2) is 0 Å². The second-order valence-corrected chi connectivity index (χ2v) is 4.66. The van der Waals surface area contributed by atoms with Gasteiger partial charge in [-0.3, -0.25) is 0 Å². The van der Waals surface area contributed by atoms with E-state index < -0.39 is 0 Å². The van der Waals surface area contributed by atoms with Gasteiger partial charge in [-0.1, -0.05) is 12.1 Å². The number of aryl methyl sites for hydroxylation is 1. The zero-order valence-electron chi connectivity index (χ0n) is 11.8. The first-order chi connectivity index (χ1) is 10.2. The Bertz CT molecular complexity index is 781. The number of rotatable bonds is 3. The lowest BCUT2D eigenvalue weighted by Crippen LogP contribution is -2.02. The number of nitrogen functional groups attached to an aromatic ring is 1. The highest BCUT2D eigenvalue weighted by Crippen LogP contribution is 2.26. The van der Waals surface area contributed by atoms with Crippen molar-refractivity contribution in [1.82, 2.24) is 20.2 Å². The van der Waals surface area contributed by atoms with E-state index >= 15 is 0 Å². The average Bonchev–Trinajstić information content (AvgIpc) is 2.97. The Morgan fingerprint density at radius 1 is 1.14 bits per heavy atom. The summed E-state index contributed by atoms with van der Waals surface area (Å²) in [7, 11) is 1.65. The Morgan fingerprint density at radius 3 is 2.67 bits per heavy atom. The molecule has 0 saturated carbocycles. The van der Waals surface area contributed by atoms with Gasteiger partial charge < -0.3 is 10.5 Å². The van der Waals surface area contributed by atoms with Crippen LogP contribution in [-0.4, -0.2) is 27.3 Å². The van der Waals surface area contributed by atoms with E-state index in [0.29, 0.717) is 11.5 Å². The number of nitrogens with zero attached hydrogens (tertiary/aromatic N) is 4. The van der Waals surface area contributed by atoms with Crippen molar-refractivity contribution < 1.29 is 4.74 Å². The maximum atomic E-state index is 6.01. The van der Waals surface area contributed by atoms with E-state index in [1.807, 2.05) is 49.4 Å². The molecule has 3 aromatic rings. The summed E-state index contributed by atoms with van der Waals surface area (Å²) in [5.41, 5.74) is 9.31. The summed E-state index contributed by atoms with van der Waals surface area (Å²) in [4.78, 5) is 0. The zero-order chi connectivity index (χ0) is 14.8. The molecule has 1 heterocycles. The second kappa shape index (κ2) is 5.24. The lowest BCUT2D eigenvalue weighted by Gasteiger charge is -2.09. The topological polar surface area (TPSA) is 78.8 Å². The summed E-state index contributed by atoms with van der Waals surface area (Å²) < 4.78 is 6.94. The number of nitrogens with two attached hydrogens (primary N) is 1. The minimum Gasteiger partial charge on any atom is -0.496 e. The molecule has 0 aliphatic rings. The fraction of sp³-hybridized carbons (Fsp3) is 0.133. The van der Waals surface area contributed by atoms with Crippen LogP contribution >= 0.6 is 0 Å². The van der Waals surface area contributed by atoms with E-state index in [-0.39, 0.29) is 0 Å². The van der Waals surface area contributed by atoms with E-state index in [9.17, 15) is 0 Å². The molecule has 6 heteroatoms. The van der Waals surface area contributed by atoms with Crippen molar-refractivity contribution in [2.24, 2.45) is 0 Å². The molecule has 0 fully saturated rings. The van der Waals surface area contributed by atoms with E-state index in [0.717, 1.165) is 22.6 Å². The van der Waals surface area contributed by atoms with Gasteiger partial charge in [0, 0.05) is 11.3 Å². The maximum Gasteiger partial charge on any atom is 0.189 e. The number of ether oxygens (including phenoxy) is 1. The summed E-state index contributed by atoms with van der Waals surface area (Å²) in [6, 6.07) is 13.3. The minimum atomic E-state index is 0.609. The van der Waals surface area contributed by atoms with Crippen LogP contribution in [0.2, 0.25) is 0 Å². The van der Waals surface area contributed by atoms with Crippen LogP contribution in [-0.2, 0) is 0 Å². The minimum absolute atomic E-state index is 0.609. The molecular formula is C15H15N5O. The van der Waals surface area contributed by atoms with Crippen LogP contribution in [0.3, 0.4) is 0 Å². The standard InChI is InChI=1S/C15H15N5O/c1-10-9-11(7-8-14(10)21-2)20-15(17-18-19-20)12-5-3-4-6-13(12)16/h3-9H,16H2,1-2H3. The molecule has 0 bridgehead atoms. The monoisotopic (exact) mass is 281 g/mol. The molecule has 0 aliphatic carbocycles. The fourth-order valence-corrected chi connectivity index (χ4v) is 2.22. The number of hydrogen-bond acceptors (Lipinski definition) is 5. The molecule has 2 aromatic carbocycles. The summed E-state index contributed by atoms with van der Waals surface area (Å²) >= 11 is 0. The highest BCUT2D eigenvalue weighted by atomic mass is 16.5. The fourth-order valence-electron chi connectivity index (χ4n) is 2.22. The molecule has 0 amide bonds. The normalized spacial score (nSPS) is 10.6. The van der Waals surface area contributed by atoms with Crippen LogP contribution in [0.5, 0.6) is 5.75 Å². The Morgan fingerprint density at radius 2 is 1.95 bits per heavy atom. The quantitative estimate of drug-likeness (QED) is 0.745. The first-order valence-electron chi connectivity index (χ1n) is 6.49. The third-order valence-electron chi connectivity index (χ3n) is 3.29. The maximum absolute atomic E-state index is 6.01. The lowest BCUT2D eigenvalue weighted by atomic mass is 10.1. The predicted molar refractivity (Wildman–Crippen MR) is 80.3 cm³/mol. The molecule has 0 aliphatic heterocycles.